The number of rotatable bonds is 6. The number of halogens is 1. The highest BCUT2D eigenvalue weighted by Crippen LogP contribution is 2.36. The van der Waals surface area contributed by atoms with Crippen molar-refractivity contribution in [2.75, 3.05) is 17.2 Å². The number of hydrogen-bond donors (Lipinski definition) is 2. The van der Waals surface area contributed by atoms with E-state index in [9.17, 15) is 4.79 Å². The van der Waals surface area contributed by atoms with E-state index in [2.05, 4.69) is 26.2 Å². The van der Waals surface area contributed by atoms with Gasteiger partial charge in [0, 0.05) is 16.9 Å². The fraction of sp³-hybridized carbons (Fsp3) is 0.211. The molecule has 1 saturated carbocycles. The molecule has 0 aliphatic heterocycles. The quantitative estimate of drug-likeness (QED) is 0.665. The van der Waals surface area contributed by atoms with Crippen LogP contribution in [0.25, 0.3) is 11.4 Å². The first-order chi connectivity index (χ1) is 13.6. The summed E-state index contributed by atoms with van der Waals surface area (Å²) in [7, 11) is 0. The summed E-state index contributed by atoms with van der Waals surface area (Å²) in [6, 6.07) is 14.8. The Morgan fingerprint density at radius 3 is 2.64 bits per heavy atom. The Kier molecular flexibility index (Phi) is 4.91. The minimum atomic E-state index is -0.220. The van der Waals surface area contributed by atoms with Crippen LogP contribution in [0.4, 0.5) is 11.4 Å². The zero-order chi connectivity index (χ0) is 19.5. The molecule has 1 aliphatic rings. The molecule has 140 valence electrons. The summed E-state index contributed by atoms with van der Waals surface area (Å²) in [5.41, 5.74) is 2.64. The van der Waals surface area contributed by atoms with Crippen molar-refractivity contribution in [1.82, 2.24) is 20.2 Å². The van der Waals surface area contributed by atoms with E-state index < -0.39 is 0 Å². The van der Waals surface area contributed by atoms with E-state index in [1.807, 2.05) is 35.0 Å². The number of anilines is 2. The molecular formula is C19H16ClN7O. The highest BCUT2D eigenvalue weighted by Gasteiger charge is 2.28. The van der Waals surface area contributed by atoms with Gasteiger partial charge in [0.2, 0.25) is 5.91 Å². The Morgan fingerprint density at radius 1 is 1.21 bits per heavy atom. The number of hydrogen-bond acceptors (Lipinski definition) is 6. The standard InChI is InChI=1S/C19H16ClN7O/c20-17-9-15(6-3-13(17)10-21)23-18(28)11-22-14-4-1-12(2-5-14)19-24-25-26-27(19)16-7-8-16/h1-6,9,16,22H,7-8,11H2,(H,23,28). The average Bonchev–Trinajstić information content (AvgIpc) is 3.43. The van der Waals surface area contributed by atoms with Crippen molar-refractivity contribution >= 4 is 28.9 Å². The van der Waals surface area contributed by atoms with Crippen molar-refractivity contribution in [1.29, 1.82) is 5.26 Å². The second-order valence-electron chi connectivity index (χ2n) is 6.46. The fourth-order valence-corrected chi connectivity index (χ4v) is 2.98. The Hall–Kier alpha value is -3.44. The van der Waals surface area contributed by atoms with E-state index in [0.717, 1.165) is 29.9 Å². The van der Waals surface area contributed by atoms with E-state index in [-0.39, 0.29) is 12.5 Å². The predicted molar refractivity (Wildman–Crippen MR) is 105 cm³/mol. The maximum Gasteiger partial charge on any atom is 0.243 e. The van der Waals surface area contributed by atoms with Crippen molar-refractivity contribution in [3.8, 4) is 17.5 Å². The number of nitriles is 1. The Bertz CT molecular complexity index is 1050. The molecule has 28 heavy (non-hydrogen) atoms. The maximum absolute atomic E-state index is 12.1. The molecule has 0 radical (unpaired) electrons. The molecular weight excluding hydrogens is 378 g/mol. The smallest absolute Gasteiger partial charge is 0.243 e. The minimum absolute atomic E-state index is 0.0940. The van der Waals surface area contributed by atoms with E-state index >= 15 is 0 Å². The number of amides is 1. The van der Waals surface area contributed by atoms with Gasteiger partial charge in [-0.05, 0) is 65.7 Å². The van der Waals surface area contributed by atoms with Crippen LogP contribution in [0.3, 0.4) is 0 Å². The van der Waals surface area contributed by atoms with Crippen molar-refractivity contribution in [2.24, 2.45) is 0 Å². The van der Waals surface area contributed by atoms with Gasteiger partial charge in [0.15, 0.2) is 5.82 Å². The molecule has 0 spiro atoms. The topological polar surface area (TPSA) is 109 Å². The molecule has 0 unspecified atom stereocenters. The minimum Gasteiger partial charge on any atom is -0.376 e. The molecule has 0 saturated heterocycles. The molecule has 1 heterocycles. The zero-order valence-electron chi connectivity index (χ0n) is 14.8. The molecule has 4 rings (SSSR count). The molecule has 2 aromatic carbocycles. The predicted octanol–water partition coefficient (Wildman–Crippen LogP) is 3.25. The van der Waals surface area contributed by atoms with Gasteiger partial charge in [-0.3, -0.25) is 4.79 Å². The summed E-state index contributed by atoms with van der Waals surface area (Å²) in [4.78, 5) is 12.1. The van der Waals surface area contributed by atoms with Gasteiger partial charge in [-0.25, -0.2) is 4.68 Å². The lowest BCUT2D eigenvalue weighted by Crippen LogP contribution is -2.21. The number of carbonyl (C=O) groups is 1. The third-order valence-corrected chi connectivity index (χ3v) is 4.67. The van der Waals surface area contributed by atoms with Gasteiger partial charge in [-0.1, -0.05) is 11.6 Å². The number of tetrazole rings is 1. The first kappa shape index (κ1) is 17.9. The lowest BCUT2D eigenvalue weighted by molar-refractivity contribution is -0.114. The van der Waals surface area contributed by atoms with Gasteiger partial charge in [-0.15, -0.1) is 5.10 Å². The third-order valence-electron chi connectivity index (χ3n) is 4.36. The van der Waals surface area contributed by atoms with E-state index in [1.54, 1.807) is 18.2 Å². The second-order valence-corrected chi connectivity index (χ2v) is 6.87. The van der Waals surface area contributed by atoms with Gasteiger partial charge >= 0.3 is 0 Å². The molecule has 9 heteroatoms. The summed E-state index contributed by atoms with van der Waals surface area (Å²) >= 11 is 5.97. The highest BCUT2D eigenvalue weighted by molar-refractivity contribution is 6.32. The van der Waals surface area contributed by atoms with Crippen LogP contribution in [0.15, 0.2) is 42.5 Å². The van der Waals surface area contributed by atoms with Crippen LogP contribution in [0.1, 0.15) is 24.4 Å². The van der Waals surface area contributed by atoms with Gasteiger partial charge < -0.3 is 10.6 Å². The fourth-order valence-electron chi connectivity index (χ4n) is 2.76. The maximum atomic E-state index is 12.1. The summed E-state index contributed by atoms with van der Waals surface area (Å²) in [5.74, 6) is 0.534. The van der Waals surface area contributed by atoms with Crippen LogP contribution in [-0.2, 0) is 4.79 Å². The van der Waals surface area contributed by atoms with Crippen molar-refractivity contribution in [3.05, 3.63) is 53.1 Å². The monoisotopic (exact) mass is 393 g/mol. The van der Waals surface area contributed by atoms with Crippen molar-refractivity contribution < 1.29 is 4.79 Å². The molecule has 1 fully saturated rings. The molecule has 2 N–H and O–H groups in total. The van der Waals surface area contributed by atoms with Crippen LogP contribution < -0.4 is 10.6 Å². The molecule has 1 aliphatic carbocycles. The number of carbonyl (C=O) groups excluding carboxylic acids is 1. The largest absolute Gasteiger partial charge is 0.376 e. The molecule has 3 aromatic rings. The SMILES string of the molecule is N#Cc1ccc(NC(=O)CNc2ccc(-c3nnnn3C3CC3)cc2)cc1Cl. The summed E-state index contributed by atoms with van der Waals surface area (Å²) in [5, 5.41) is 26.9. The van der Waals surface area contributed by atoms with Crippen molar-refractivity contribution in [3.63, 3.8) is 0 Å². The number of nitrogens with zero attached hydrogens (tertiary/aromatic N) is 5. The van der Waals surface area contributed by atoms with Crippen LogP contribution in [0.2, 0.25) is 5.02 Å². The van der Waals surface area contributed by atoms with Gasteiger partial charge in [0.1, 0.15) is 6.07 Å². The van der Waals surface area contributed by atoms with Crippen LogP contribution in [0.5, 0.6) is 0 Å². The second kappa shape index (κ2) is 7.66. The van der Waals surface area contributed by atoms with Crippen LogP contribution in [-0.4, -0.2) is 32.7 Å². The highest BCUT2D eigenvalue weighted by atomic mass is 35.5. The number of benzene rings is 2. The van der Waals surface area contributed by atoms with Crippen molar-refractivity contribution in [2.45, 2.75) is 18.9 Å². The van der Waals surface area contributed by atoms with Gasteiger partial charge in [-0.2, -0.15) is 5.26 Å². The first-order valence-corrected chi connectivity index (χ1v) is 9.13. The molecule has 8 nitrogen and oxygen atoms in total. The van der Waals surface area contributed by atoms with E-state index in [1.165, 1.54) is 0 Å². The summed E-state index contributed by atoms with van der Waals surface area (Å²) in [6.45, 7) is 0.0940. The van der Waals surface area contributed by atoms with Crippen LogP contribution in [0, 0.1) is 11.3 Å². The van der Waals surface area contributed by atoms with E-state index in [0.29, 0.717) is 22.3 Å². The summed E-state index contributed by atoms with van der Waals surface area (Å²) in [6.07, 6.45) is 2.22. The first-order valence-electron chi connectivity index (χ1n) is 8.76. The Morgan fingerprint density at radius 2 is 1.96 bits per heavy atom. The van der Waals surface area contributed by atoms with Crippen LogP contribution >= 0.6 is 11.6 Å². The Labute approximate surface area is 166 Å². The van der Waals surface area contributed by atoms with E-state index in [4.69, 9.17) is 16.9 Å². The average molecular weight is 394 g/mol. The number of nitrogens with one attached hydrogen (secondary N) is 2. The lowest BCUT2D eigenvalue weighted by Gasteiger charge is -2.09. The Balaban J connectivity index is 1.34. The lowest BCUT2D eigenvalue weighted by atomic mass is 10.2. The van der Waals surface area contributed by atoms with Gasteiger partial charge in [0.25, 0.3) is 0 Å². The third kappa shape index (κ3) is 3.94. The molecule has 1 aromatic heterocycles. The normalized spacial score (nSPS) is 13.0. The zero-order valence-corrected chi connectivity index (χ0v) is 15.5. The number of aromatic nitrogens is 4. The molecule has 1 amide bonds. The van der Waals surface area contributed by atoms with Gasteiger partial charge in [0.05, 0.1) is 23.2 Å². The molecule has 0 atom stereocenters. The summed E-state index contributed by atoms with van der Waals surface area (Å²) < 4.78 is 1.86. The molecule has 0 bridgehead atoms.